The van der Waals surface area contributed by atoms with Crippen molar-refractivity contribution in [2.75, 3.05) is 6.54 Å². The molecule has 28 heavy (non-hydrogen) atoms. The maximum absolute atomic E-state index is 12.5. The molecule has 1 amide bonds. The second kappa shape index (κ2) is 8.35. The van der Waals surface area contributed by atoms with E-state index in [-0.39, 0.29) is 17.6 Å². The fourth-order valence-electron chi connectivity index (χ4n) is 3.90. The number of pyridine rings is 1. The fourth-order valence-corrected chi connectivity index (χ4v) is 3.90. The number of hydrogen-bond donors (Lipinski definition) is 2. The number of aromatic amines is 1. The molecule has 0 radical (unpaired) electrons. The number of piperidine rings is 1. The Balaban J connectivity index is 1.74. The third kappa shape index (κ3) is 5.13. The number of hydrogen-bond acceptors (Lipinski definition) is 4. The van der Waals surface area contributed by atoms with E-state index in [2.05, 4.69) is 15.2 Å². The van der Waals surface area contributed by atoms with Crippen molar-refractivity contribution in [1.29, 1.82) is 0 Å². The number of carbonyl (C=O) groups excluding carboxylic acids is 1. The number of carbonyl (C=O) groups is 1. The number of nitrogens with one attached hydrogen (secondary N) is 2. The van der Waals surface area contributed by atoms with Crippen LogP contribution in [-0.4, -0.2) is 40.2 Å². The van der Waals surface area contributed by atoms with Gasteiger partial charge in [-0.2, -0.15) is 0 Å². The van der Waals surface area contributed by atoms with Gasteiger partial charge in [0.25, 0.3) is 5.56 Å². The zero-order valence-corrected chi connectivity index (χ0v) is 17.2. The van der Waals surface area contributed by atoms with Crippen LogP contribution in [0.25, 0.3) is 10.9 Å². The van der Waals surface area contributed by atoms with E-state index in [1.54, 1.807) is 0 Å². The highest BCUT2D eigenvalue weighted by atomic mass is 16.6. The first-order valence-corrected chi connectivity index (χ1v) is 10.1. The molecule has 0 aliphatic carbocycles. The van der Waals surface area contributed by atoms with Gasteiger partial charge in [0.1, 0.15) is 5.60 Å². The van der Waals surface area contributed by atoms with Crippen molar-refractivity contribution in [2.45, 2.75) is 71.2 Å². The Kier molecular flexibility index (Phi) is 6.08. The van der Waals surface area contributed by atoms with Crippen LogP contribution in [0, 0.1) is 0 Å². The molecule has 0 spiro atoms. The number of alkyl carbamates (subject to hydrolysis) is 1. The summed E-state index contributed by atoms with van der Waals surface area (Å²) in [5.41, 5.74) is 1.05. The quantitative estimate of drug-likeness (QED) is 0.840. The lowest BCUT2D eigenvalue weighted by atomic mass is 9.95. The molecule has 2 N–H and O–H groups in total. The van der Waals surface area contributed by atoms with E-state index in [0.29, 0.717) is 6.54 Å². The molecule has 2 atom stereocenters. The van der Waals surface area contributed by atoms with E-state index in [9.17, 15) is 9.59 Å². The first-order valence-electron chi connectivity index (χ1n) is 10.1. The van der Waals surface area contributed by atoms with Gasteiger partial charge in [-0.05, 0) is 64.6 Å². The number of likely N-dealkylation sites (tertiary alicyclic amines) is 1. The third-order valence-electron chi connectivity index (χ3n) is 5.19. The molecule has 6 nitrogen and oxygen atoms in total. The minimum atomic E-state index is -0.519. The summed E-state index contributed by atoms with van der Waals surface area (Å²) >= 11 is 0. The standard InChI is InChI=1S/C22H31N3O3/c1-15(23-21(27)28-22(2,3)4)19-11-7-8-12-25(19)14-17-13-16-9-5-6-10-18(16)24-20(17)26/h5-6,9-10,13,15,19H,7-8,11-12,14H2,1-4H3,(H,23,27)(H,24,26). The first kappa shape index (κ1) is 20.4. The van der Waals surface area contributed by atoms with Crippen molar-refractivity contribution in [2.24, 2.45) is 0 Å². The van der Waals surface area contributed by atoms with Crippen LogP contribution < -0.4 is 10.9 Å². The van der Waals surface area contributed by atoms with Crippen LogP contribution >= 0.6 is 0 Å². The minimum absolute atomic E-state index is 0.0456. The van der Waals surface area contributed by atoms with Crippen LogP contribution in [0.3, 0.4) is 0 Å². The number of aromatic nitrogens is 1. The largest absolute Gasteiger partial charge is 0.444 e. The molecule has 2 unspecified atom stereocenters. The van der Waals surface area contributed by atoms with Gasteiger partial charge in [0.2, 0.25) is 0 Å². The molecule has 0 saturated carbocycles. The molecule has 1 aromatic carbocycles. The zero-order chi connectivity index (χ0) is 20.3. The molecule has 152 valence electrons. The molecule has 2 heterocycles. The van der Waals surface area contributed by atoms with E-state index < -0.39 is 11.7 Å². The Morgan fingerprint density at radius 1 is 1.32 bits per heavy atom. The van der Waals surface area contributed by atoms with Crippen LogP contribution in [0.5, 0.6) is 0 Å². The molecular weight excluding hydrogens is 354 g/mol. The van der Waals surface area contributed by atoms with E-state index >= 15 is 0 Å². The highest BCUT2D eigenvalue weighted by Gasteiger charge is 2.30. The Morgan fingerprint density at radius 3 is 2.82 bits per heavy atom. The average Bonchev–Trinajstić information content (AvgIpc) is 2.61. The van der Waals surface area contributed by atoms with Crippen molar-refractivity contribution in [3.8, 4) is 0 Å². The molecule has 1 aliphatic rings. The van der Waals surface area contributed by atoms with Gasteiger partial charge in [-0.15, -0.1) is 0 Å². The lowest BCUT2D eigenvalue weighted by Gasteiger charge is -2.39. The minimum Gasteiger partial charge on any atom is -0.444 e. The van der Waals surface area contributed by atoms with Gasteiger partial charge in [-0.25, -0.2) is 4.79 Å². The van der Waals surface area contributed by atoms with Crippen molar-refractivity contribution >= 4 is 17.0 Å². The van der Waals surface area contributed by atoms with Crippen molar-refractivity contribution in [3.05, 3.63) is 46.2 Å². The topological polar surface area (TPSA) is 74.4 Å². The number of benzene rings is 1. The van der Waals surface area contributed by atoms with E-state index in [1.165, 1.54) is 0 Å². The summed E-state index contributed by atoms with van der Waals surface area (Å²) in [5.74, 6) is 0. The average molecular weight is 386 g/mol. The normalized spacial score (nSPS) is 19.4. The Bertz CT molecular complexity index is 884. The van der Waals surface area contributed by atoms with Gasteiger partial charge >= 0.3 is 6.09 Å². The predicted molar refractivity (Wildman–Crippen MR) is 111 cm³/mol. The van der Waals surface area contributed by atoms with Crippen molar-refractivity contribution in [1.82, 2.24) is 15.2 Å². The smallest absolute Gasteiger partial charge is 0.407 e. The summed E-state index contributed by atoms with van der Waals surface area (Å²) in [7, 11) is 0. The molecule has 0 bridgehead atoms. The van der Waals surface area contributed by atoms with Gasteiger partial charge in [-0.3, -0.25) is 9.69 Å². The monoisotopic (exact) mass is 385 g/mol. The predicted octanol–water partition coefficient (Wildman–Crippen LogP) is 3.80. The number of ether oxygens (including phenoxy) is 1. The summed E-state index contributed by atoms with van der Waals surface area (Å²) in [5, 5.41) is 4.01. The zero-order valence-electron chi connectivity index (χ0n) is 17.2. The van der Waals surface area contributed by atoms with Crippen LogP contribution in [0.15, 0.2) is 35.1 Å². The van der Waals surface area contributed by atoms with E-state index in [1.807, 2.05) is 58.0 Å². The Labute approximate surface area is 166 Å². The highest BCUT2D eigenvalue weighted by Crippen LogP contribution is 2.22. The SMILES string of the molecule is CC(NC(=O)OC(C)(C)C)C1CCCCN1Cc1cc2ccccc2[nH]c1=O. The third-order valence-corrected chi connectivity index (χ3v) is 5.19. The lowest BCUT2D eigenvalue weighted by Crippen LogP contribution is -2.53. The van der Waals surface area contributed by atoms with E-state index in [4.69, 9.17) is 4.74 Å². The molecule has 1 fully saturated rings. The maximum Gasteiger partial charge on any atom is 0.407 e. The summed E-state index contributed by atoms with van der Waals surface area (Å²) in [4.78, 5) is 30.0. The molecule has 6 heteroatoms. The number of amides is 1. The second-order valence-electron chi connectivity index (χ2n) is 8.68. The van der Waals surface area contributed by atoms with Crippen molar-refractivity contribution in [3.63, 3.8) is 0 Å². The summed E-state index contributed by atoms with van der Waals surface area (Å²) in [6, 6.07) is 9.91. The summed E-state index contributed by atoms with van der Waals surface area (Å²) < 4.78 is 5.40. The van der Waals surface area contributed by atoms with Crippen LogP contribution in [-0.2, 0) is 11.3 Å². The summed E-state index contributed by atoms with van der Waals surface area (Å²) in [6.07, 6.45) is 2.81. The molecule has 3 rings (SSSR count). The highest BCUT2D eigenvalue weighted by molar-refractivity contribution is 5.78. The first-order chi connectivity index (χ1) is 13.2. The van der Waals surface area contributed by atoms with Gasteiger partial charge in [-0.1, -0.05) is 24.6 Å². The fraction of sp³-hybridized carbons (Fsp3) is 0.545. The molecule has 2 aromatic rings. The maximum atomic E-state index is 12.5. The molecular formula is C22H31N3O3. The van der Waals surface area contributed by atoms with Gasteiger partial charge in [0.05, 0.1) is 0 Å². The molecule has 1 saturated heterocycles. The van der Waals surface area contributed by atoms with Crippen LogP contribution in [0.2, 0.25) is 0 Å². The number of fused-ring (bicyclic) bond motifs is 1. The number of rotatable bonds is 4. The van der Waals surface area contributed by atoms with Gasteiger partial charge in [0.15, 0.2) is 0 Å². The summed E-state index contributed by atoms with van der Waals surface area (Å²) in [6.45, 7) is 9.07. The lowest BCUT2D eigenvalue weighted by molar-refractivity contribution is 0.0436. The Hall–Kier alpha value is -2.34. The van der Waals surface area contributed by atoms with Gasteiger partial charge in [0, 0.05) is 29.7 Å². The van der Waals surface area contributed by atoms with Crippen LogP contribution in [0.1, 0.15) is 52.5 Å². The number of H-pyrrole nitrogens is 1. The van der Waals surface area contributed by atoms with E-state index in [0.717, 1.165) is 42.3 Å². The Morgan fingerprint density at radius 2 is 2.07 bits per heavy atom. The number of para-hydroxylation sites is 1. The van der Waals surface area contributed by atoms with Crippen molar-refractivity contribution < 1.29 is 9.53 Å². The number of nitrogens with zero attached hydrogens (tertiary/aromatic N) is 1. The second-order valence-corrected chi connectivity index (χ2v) is 8.68. The molecule has 1 aliphatic heterocycles. The molecule has 1 aromatic heterocycles. The van der Waals surface area contributed by atoms with Gasteiger partial charge < -0.3 is 15.0 Å². The van der Waals surface area contributed by atoms with Crippen LogP contribution in [0.4, 0.5) is 4.79 Å².